The molecule has 164 valence electrons. The molecule has 1 saturated heterocycles. The standard InChI is InChI=1S/C24H24N4O2S2/c29-22(8-3-15-30-20-10-9-18-5-1-2-6-19(18)17-20)27-11-13-28(14-12-27)24-26-25-23(32-24)21-7-4-16-31-21/h1-2,4-7,9-10,16-17H,3,8,11-15H2. The summed E-state index contributed by atoms with van der Waals surface area (Å²) in [7, 11) is 0. The first-order valence-electron chi connectivity index (χ1n) is 10.8. The number of carbonyl (C=O) groups is 1. The number of nitrogens with zero attached hydrogens (tertiary/aromatic N) is 4. The average molecular weight is 465 g/mol. The highest BCUT2D eigenvalue weighted by molar-refractivity contribution is 7.22. The molecular weight excluding hydrogens is 440 g/mol. The maximum atomic E-state index is 12.6. The lowest BCUT2D eigenvalue weighted by Crippen LogP contribution is -2.48. The van der Waals surface area contributed by atoms with E-state index in [1.165, 1.54) is 5.39 Å². The third-order valence-corrected chi connectivity index (χ3v) is 7.60. The summed E-state index contributed by atoms with van der Waals surface area (Å²) in [5.41, 5.74) is 0. The van der Waals surface area contributed by atoms with Crippen molar-refractivity contribution in [1.82, 2.24) is 15.1 Å². The van der Waals surface area contributed by atoms with Gasteiger partial charge >= 0.3 is 0 Å². The number of amides is 1. The Labute approximate surface area is 195 Å². The summed E-state index contributed by atoms with van der Waals surface area (Å²) in [5.74, 6) is 1.05. The molecule has 2 aromatic carbocycles. The molecule has 1 amide bonds. The van der Waals surface area contributed by atoms with Crippen LogP contribution in [0, 0.1) is 0 Å². The Balaban J connectivity index is 1.06. The number of aromatic nitrogens is 2. The molecular formula is C24H24N4O2S2. The van der Waals surface area contributed by atoms with Gasteiger partial charge in [-0.05, 0) is 40.8 Å². The number of anilines is 1. The second kappa shape index (κ2) is 9.67. The number of thiophene rings is 1. The minimum absolute atomic E-state index is 0.197. The van der Waals surface area contributed by atoms with E-state index in [2.05, 4.69) is 39.4 Å². The molecule has 1 fully saturated rings. The van der Waals surface area contributed by atoms with Gasteiger partial charge in [-0.25, -0.2) is 0 Å². The Bertz CT molecular complexity index is 1180. The molecule has 0 bridgehead atoms. The van der Waals surface area contributed by atoms with Gasteiger partial charge in [-0.2, -0.15) is 0 Å². The highest BCUT2D eigenvalue weighted by Crippen LogP contribution is 2.31. The van der Waals surface area contributed by atoms with Gasteiger partial charge in [0.05, 0.1) is 11.5 Å². The minimum atomic E-state index is 0.197. The van der Waals surface area contributed by atoms with Crippen LogP contribution >= 0.6 is 22.7 Å². The summed E-state index contributed by atoms with van der Waals surface area (Å²) in [5, 5.41) is 15.0. The van der Waals surface area contributed by atoms with E-state index < -0.39 is 0 Å². The number of hydrogen-bond acceptors (Lipinski definition) is 7. The number of hydrogen-bond donors (Lipinski definition) is 0. The van der Waals surface area contributed by atoms with E-state index in [0.29, 0.717) is 19.4 Å². The van der Waals surface area contributed by atoms with Crippen LogP contribution in [0.4, 0.5) is 5.13 Å². The van der Waals surface area contributed by atoms with Crippen molar-refractivity contribution in [2.75, 3.05) is 37.7 Å². The van der Waals surface area contributed by atoms with Gasteiger partial charge in [0.1, 0.15) is 5.75 Å². The van der Waals surface area contributed by atoms with Gasteiger partial charge in [0.25, 0.3) is 0 Å². The van der Waals surface area contributed by atoms with Crippen LogP contribution < -0.4 is 9.64 Å². The van der Waals surface area contributed by atoms with E-state index in [9.17, 15) is 4.79 Å². The fourth-order valence-corrected chi connectivity index (χ4v) is 5.51. The largest absolute Gasteiger partial charge is 0.494 e. The van der Waals surface area contributed by atoms with Crippen molar-refractivity contribution in [3.8, 4) is 15.6 Å². The molecule has 1 aliphatic rings. The Morgan fingerprint density at radius 1 is 0.969 bits per heavy atom. The maximum absolute atomic E-state index is 12.6. The second-order valence-electron chi connectivity index (χ2n) is 7.70. The Morgan fingerprint density at radius 2 is 1.81 bits per heavy atom. The first-order valence-corrected chi connectivity index (χ1v) is 12.5. The zero-order chi connectivity index (χ0) is 21.8. The monoisotopic (exact) mass is 464 g/mol. The average Bonchev–Trinajstić information content (AvgIpc) is 3.54. The molecule has 32 heavy (non-hydrogen) atoms. The summed E-state index contributed by atoms with van der Waals surface area (Å²) in [4.78, 5) is 17.9. The van der Waals surface area contributed by atoms with Crippen LogP contribution in [0.5, 0.6) is 5.75 Å². The molecule has 3 heterocycles. The van der Waals surface area contributed by atoms with Gasteiger partial charge in [0.15, 0.2) is 5.01 Å². The fourth-order valence-electron chi connectivity index (χ4n) is 3.82. The minimum Gasteiger partial charge on any atom is -0.494 e. The normalized spacial score (nSPS) is 14.1. The lowest BCUT2D eigenvalue weighted by atomic mass is 10.1. The number of piperazine rings is 1. The zero-order valence-electron chi connectivity index (χ0n) is 17.6. The molecule has 0 saturated carbocycles. The van der Waals surface area contributed by atoms with Gasteiger partial charge < -0.3 is 14.5 Å². The zero-order valence-corrected chi connectivity index (χ0v) is 19.3. The van der Waals surface area contributed by atoms with E-state index in [1.54, 1.807) is 22.7 Å². The number of benzene rings is 2. The predicted octanol–water partition coefficient (Wildman–Crippen LogP) is 4.93. The first kappa shape index (κ1) is 20.9. The molecule has 0 N–H and O–H groups in total. The molecule has 1 aliphatic heterocycles. The number of rotatable bonds is 7. The summed E-state index contributed by atoms with van der Waals surface area (Å²) in [6.45, 7) is 3.56. The third kappa shape index (κ3) is 4.76. The van der Waals surface area contributed by atoms with E-state index in [1.807, 2.05) is 40.6 Å². The Morgan fingerprint density at radius 3 is 2.62 bits per heavy atom. The molecule has 4 aromatic rings. The summed E-state index contributed by atoms with van der Waals surface area (Å²) >= 11 is 3.29. The van der Waals surface area contributed by atoms with Crippen molar-refractivity contribution in [3.05, 3.63) is 60.0 Å². The van der Waals surface area contributed by atoms with Gasteiger partial charge in [-0.1, -0.05) is 47.7 Å². The first-order chi connectivity index (χ1) is 15.8. The smallest absolute Gasteiger partial charge is 0.222 e. The van der Waals surface area contributed by atoms with Gasteiger partial charge in [-0.3, -0.25) is 4.79 Å². The highest BCUT2D eigenvalue weighted by atomic mass is 32.1. The lowest BCUT2D eigenvalue weighted by molar-refractivity contribution is -0.131. The SMILES string of the molecule is O=C(CCCOc1ccc2ccccc2c1)N1CCN(c2nnc(-c3cccs3)s2)CC1. The van der Waals surface area contributed by atoms with E-state index in [4.69, 9.17) is 4.74 Å². The summed E-state index contributed by atoms with van der Waals surface area (Å²) in [6, 6.07) is 18.4. The third-order valence-electron chi connectivity index (χ3n) is 5.57. The van der Waals surface area contributed by atoms with Crippen molar-refractivity contribution in [1.29, 1.82) is 0 Å². The second-order valence-corrected chi connectivity index (χ2v) is 9.60. The molecule has 2 aromatic heterocycles. The quantitative estimate of drug-likeness (QED) is 0.363. The molecule has 0 spiro atoms. The number of ether oxygens (including phenoxy) is 1. The Kier molecular flexibility index (Phi) is 6.31. The van der Waals surface area contributed by atoms with Crippen molar-refractivity contribution in [2.45, 2.75) is 12.8 Å². The van der Waals surface area contributed by atoms with Gasteiger partial charge in [0, 0.05) is 32.6 Å². The van der Waals surface area contributed by atoms with Crippen molar-refractivity contribution in [2.24, 2.45) is 0 Å². The van der Waals surface area contributed by atoms with Crippen LogP contribution in [-0.2, 0) is 4.79 Å². The van der Waals surface area contributed by atoms with Crippen LogP contribution in [0.1, 0.15) is 12.8 Å². The maximum Gasteiger partial charge on any atom is 0.222 e. The van der Waals surface area contributed by atoms with Crippen LogP contribution in [0.3, 0.4) is 0 Å². The molecule has 8 heteroatoms. The van der Waals surface area contributed by atoms with Crippen LogP contribution in [0.2, 0.25) is 0 Å². The van der Waals surface area contributed by atoms with Crippen LogP contribution in [-0.4, -0.2) is 53.8 Å². The Hall–Kier alpha value is -2.97. The molecule has 5 rings (SSSR count). The highest BCUT2D eigenvalue weighted by Gasteiger charge is 2.23. The summed E-state index contributed by atoms with van der Waals surface area (Å²) in [6.07, 6.45) is 1.22. The molecule has 0 aliphatic carbocycles. The number of fused-ring (bicyclic) bond motifs is 1. The van der Waals surface area contributed by atoms with E-state index in [-0.39, 0.29) is 5.91 Å². The van der Waals surface area contributed by atoms with Crippen molar-refractivity contribution < 1.29 is 9.53 Å². The van der Waals surface area contributed by atoms with E-state index in [0.717, 1.165) is 52.3 Å². The topological polar surface area (TPSA) is 58.6 Å². The number of carbonyl (C=O) groups excluding carboxylic acids is 1. The van der Waals surface area contributed by atoms with E-state index >= 15 is 0 Å². The fraction of sp³-hybridized carbons (Fsp3) is 0.292. The predicted molar refractivity (Wildman–Crippen MR) is 131 cm³/mol. The van der Waals surface area contributed by atoms with Crippen molar-refractivity contribution in [3.63, 3.8) is 0 Å². The van der Waals surface area contributed by atoms with Gasteiger partial charge in [-0.15, -0.1) is 21.5 Å². The van der Waals surface area contributed by atoms with Gasteiger partial charge in [0.2, 0.25) is 11.0 Å². The molecule has 0 unspecified atom stereocenters. The molecule has 0 radical (unpaired) electrons. The van der Waals surface area contributed by atoms with Crippen LogP contribution in [0.25, 0.3) is 20.7 Å². The van der Waals surface area contributed by atoms with Crippen molar-refractivity contribution >= 4 is 44.5 Å². The molecule has 6 nitrogen and oxygen atoms in total. The van der Waals surface area contributed by atoms with Crippen LogP contribution in [0.15, 0.2) is 60.0 Å². The summed E-state index contributed by atoms with van der Waals surface area (Å²) < 4.78 is 5.87. The molecule has 0 atom stereocenters. The lowest BCUT2D eigenvalue weighted by Gasteiger charge is -2.34.